The summed E-state index contributed by atoms with van der Waals surface area (Å²) in [5.74, 6) is 0.577. The van der Waals surface area contributed by atoms with Crippen LogP contribution in [0.3, 0.4) is 0 Å². The highest BCUT2D eigenvalue weighted by Crippen LogP contribution is 2.31. The molecule has 1 aliphatic rings. The van der Waals surface area contributed by atoms with Gasteiger partial charge in [0.1, 0.15) is 5.75 Å². The standard InChI is InChI=1S/C18H14Cl2N2O2S/c1-2-24-14-7-5-13(6-8-14)21-18-22-17(23)16(25-18)9-11-3-4-12(19)10-15(11)20/h3-10H,2H2,1H3,(H,21,22,23)/b16-9-. The first-order chi connectivity index (χ1) is 12.0. The highest BCUT2D eigenvalue weighted by atomic mass is 35.5. The molecule has 128 valence electrons. The van der Waals surface area contributed by atoms with E-state index in [0.29, 0.717) is 26.7 Å². The Bertz CT molecular complexity index is 864. The van der Waals surface area contributed by atoms with Crippen LogP contribution in [0, 0.1) is 0 Å². The van der Waals surface area contributed by atoms with Crippen LogP contribution in [0.4, 0.5) is 5.69 Å². The maximum absolute atomic E-state index is 12.1. The molecule has 0 spiro atoms. The van der Waals surface area contributed by atoms with Crippen molar-refractivity contribution in [3.63, 3.8) is 0 Å². The number of nitrogens with zero attached hydrogens (tertiary/aromatic N) is 1. The molecular weight excluding hydrogens is 379 g/mol. The van der Waals surface area contributed by atoms with E-state index in [1.807, 2.05) is 31.2 Å². The van der Waals surface area contributed by atoms with Gasteiger partial charge in [0.05, 0.1) is 17.2 Å². The zero-order valence-corrected chi connectivity index (χ0v) is 15.6. The molecule has 1 saturated heterocycles. The molecule has 2 aromatic rings. The second-order valence-corrected chi connectivity index (χ2v) is 6.95. The van der Waals surface area contributed by atoms with Crippen LogP contribution in [0.5, 0.6) is 5.75 Å². The monoisotopic (exact) mass is 392 g/mol. The molecule has 0 bridgehead atoms. The summed E-state index contributed by atoms with van der Waals surface area (Å²) < 4.78 is 5.40. The Labute approximate surface area is 159 Å². The van der Waals surface area contributed by atoms with Crippen LogP contribution in [-0.2, 0) is 4.79 Å². The number of carbonyl (C=O) groups excluding carboxylic acids is 1. The van der Waals surface area contributed by atoms with Crippen molar-refractivity contribution in [3.8, 4) is 5.75 Å². The summed E-state index contributed by atoms with van der Waals surface area (Å²) in [7, 11) is 0. The number of hydrogen-bond acceptors (Lipinski definition) is 4. The Morgan fingerprint density at radius 3 is 2.64 bits per heavy atom. The van der Waals surface area contributed by atoms with Gasteiger partial charge in [0.25, 0.3) is 5.91 Å². The first kappa shape index (κ1) is 17.9. The van der Waals surface area contributed by atoms with Gasteiger partial charge in [-0.05, 0) is 66.7 Å². The first-order valence-electron chi connectivity index (χ1n) is 7.52. The predicted molar refractivity (Wildman–Crippen MR) is 105 cm³/mol. The molecule has 0 aliphatic carbocycles. The van der Waals surface area contributed by atoms with E-state index in [9.17, 15) is 4.79 Å². The SMILES string of the molecule is CCOc1ccc(N=C2NC(=O)/C(=C/c3ccc(Cl)cc3Cl)S2)cc1. The number of aliphatic imine (C=N–C) groups is 1. The molecule has 4 nitrogen and oxygen atoms in total. The van der Waals surface area contributed by atoms with E-state index >= 15 is 0 Å². The molecule has 0 atom stereocenters. The minimum Gasteiger partial charge on any atom is -0.494 e. The van der Waals surface area contributed by atoms with E-state index in [1.165, 1.54) is 11.8 Å². The van der Waals surface area contributed by atoms with Crippen LogP contribution in [0.2, 0.25) is 10.0 Å². The average molecular weight is 393 g/mol. The summed E-state index contributed by atoms with van der Waals surface area (Å²) in [5, 5.41) is 4.31. The van der Waals surface area contributed by atoms with Gasteiger partial charge in [0.15, 0.2) is 5.17 Å². The van der Waals surface area contributed by atoms with Gasteiger partial charge < -0.3 is 10.1 Å². The lowest BCUT2D eigenvalue weighted by atomic mass is 10.2. The minimum absolute atomic E-state index is 0.208. The Balaban J connectivity index is 1.78. The smallest absolute Gasteiger partial charge is 0.264 e. The number of thioether (sulfide) groups is 1. The molecule has 3 rings (SSSR count). The maximum atomic E-state index is 12.1. The van der Waals surface area contributed by atoms with Crippen LogP contribution in [0.25, 0.3) is 6.08 Å². The lowest BCUT2D eigenvalue weighted by molar-refractivity contribution is -0.115. The van der Waals surface area contributed by atoms with E-state index in [0.717, 1.165) is 17.0 Å². The van der Waals surface area contributed by atoms with Crippen molar-refractivity contribution < 1.29 is 9.53 Å². The van der Waals surface area contributed by atoms with Crippen molar-refractivity contribution in [1.29, 1.82) is 0 Å². The number of ether oxygens (including phenoxy) is 1. The summed E-state index contributed by atoms with van der Waals surface area (Å²) in [4.78, 5) is 17.1. The van der Waals surface area contributed by atoms with Gasteiger partial charge in [-0.2, -0.15) is 0 Å². The highest BCUT2D eigenvalue weighted by molar-refractivity contribution is 8.18. The number of nitrogens with one attached hydrogen (secondary N) is 1. The highest BCUT2D eigenvalue weighted by Gasteiger charge is 2.24. The van der Waals surface area contributed by atoms with Crippen LogP contribution in [0.1, 0.15) is 12.5 Å². The van der Waals surface area contributed by atoms with Gasteiger partial charge >= 0.3 is 0 Å². The number of carbonyl (C=O) groups is 1. The molecule has 1 fully saturated rings. The van der Waals surface area contributed by atoms with E-state index in [-0.39, 0.29) is 5.91 Å². The largest absolute Gasteiger partial charge is 0.494 e. The van der Waals surface area contributed by atoms with Gasteiger partial charge in [0.2, 0.25) is 0 Å². The third-order valence-electron chi connectivity index (χ3n) is 3.28. The Morgan fingerprint density at radius 2 is 1.96 bits per heavy atom. The number of hydrogen-bond donors (Lipinski definition) is 1. The van der Waals surface area contributed by atoms with Gasteiger partial charge in [-0.3, -0.25) is 4.79 Å². The van der Waals surface area contributed by atoms with Gasteiger partial charge in [-0.25, -0.2) is 4.99 Å². The lowest BCUT2D eigenvalue weighted by Crippen LogP contribution is -2.19. The van der Waals surface area contributed by atoms with Crippen molar-refractivity contribution in [2.45, 2.75) is 6.92 Å². The van der Waals surface area contributed by atoms with Crippen LogP contribution >= 0.6 is 35.0 Å². The maximum Gasteiger partial charge on any atom is 0.264 e. The topological polar surface area (TPSA) is 50.7 Å². The first-order valence-corrected chi connectivity index (χ1v) is 9.10. The van der Waals surface area contributed by atoms with E-state index in [2.05, 4.69) is 10.3 Å². The molecule has 0 radical (unpaired) electrons. The van der Waals surface area contributed by atoms with E-state index < -0.39 is 0 Å². The van der Waals surface area contributed by atoms with Crippen molar-refractivity contribution >= 4 is 57.8 Å². The van der Waals surface area contributed by atoms with Crippen LogP contribution < -0.4 is 10.1 Å². The third-order valence-corrected chi connectivity index (χ3v) is 4.75. The molecule has 7 heteroatoms. The summed E-state index contributed by atoms with van der Waals surface area (Å²) in [6, 6.07) is 12.5. The fourth-order valence-corrected chi connectivity index (χ4v) is 3.44. The van der Waals surface area contributed by atoms with E-state index in [1.54, 1.807) is 24.3 Å². The Kier molecular flexibility index (Phi) is 5.68. The van der Waals surface area contributed by atoms with Crippen molar-refractivity contribution in [3.05, 3.63) is 63.0 Å². The van der Waals surface area contributed by atoms with Gasteiger partial charge in [-0.15, -0.1) is 0 Å². The minimum atomic E-state index is -0.208. The summed E-state index contributed by atoms with van der Waals surface area (Å²) in [5.41, 5.74) is 1.46. The average Bonchev–Trinajstić information content (AvgIpc) is 2.92. The lowest BCUT2D eigenvalue weighted by Gasteiger charge is -2.02. The molecule has 1 N–H and O–H groups in total. The molecule has 0 aromatic heterocycles. The molecular formula is C18H14Cl2N2O2S. The zero-order chi connectivity index (χ0) is 17.8. The molecule has 1 amide bonds. The number of amides is 1. The Hall–Kier alpha value is -1.95. The van der Waals surface area contributed by atoms with Crippen molar-refractivity contribution in [2.75, 3.05) is 6.61 Å². The zero-order valence-electron chi connectivity index (χ0n) is 13.3. The summed E-state index contributed by atoms with van der Waals surface area (Å²) >= 11 is 13.3. The van der Waals surface area contributed by atoms with Crippen LogP contribution in [0.15, 0.2) is 52.4 Å². The van der Waals surface area contributed by atoms with E-state index in [4.69, 9.17) is 27.9 Å². The third kappa shape index (κ3) is 4.57. The summed E-state index contributed by atoms with van der Waals surface area (Å²) in [6.45, 7) is 2.54. The van der Waals surface area contributed by atoms with Crippen molar-refractivity contribution in [1.82, 2.24) is 5.32 Å². The van der Waals surface area contributed by atoms with Gasteiger partial charge in [-0.1, -0.05) is 29.3 Å². The number of rotatable bonds is 4. The summed E-state index contributed by atoms with van der Waals surface area (Å²) in [6.07, 6.45) is 1.72. The molecule has 25 heavy (non-hydrogen) atoms. The molecule has 2 aromatic carbocycles. The van der Waals surface area contributed by atoms with Gasteiger partial charge in [0, 0.05) is 10.0 Å². The quantitative estimate of drug-likeness (QED) is 0.719. The Morgan fingerprint density at radius 1 is 1.20 bits per heavy atom. The number of amidine groups is 1. The second kappa shape index (κ2) is 7.95. The molecule has 1 heterocycles. The normalized spacial score (nSPS) is 17.2. The fourth-order valence-electron chi connectivity index (χ4n) is 2.14. The number of benzene rings is 2. The van der Waals surface area contributed by atoms with Crippen molar-refractivity contribution in [2.24, 2.45) is 4.99 Å². The van der Waals surface area contributed by atoms with Crippen LogP contribution in [-0.4, -0.2) is 17.7 Å². The predicted octanol–water partition coefficient (Wildman–Crippen LogP) is 5.28. The second-order valence-electron chi connectivity index (χ2n) is 5.07. The molecule has 1 aliphatic heterocycles. The fraction of sp³-hybridized carbons (Fsp3) is 0.111. The number of halogens is 2. The molecule has 0 saturated carbocycles. The molecule has 0 unspecified atom stereocenters.